The molecular formula is C11H14F3N3. The third-order valence-electron chi connectivity index (χ3n) is 2.78. The summed E-state index contributed by atoms with van der Waals surface area (Å²) in [5, 5.41) is 6.18. The Hall–Kier alpha value is -1.30. The van der Waals surface area contributed by atoms with Crippen LogP contribution < -0.4 is 10.6 Å². The van der Waals surface area contributed by atoms with Crippen LogP contribution in [0.2, 0.25) is 0 Å². The van der Waals surface area contributed by atoms with Gasteiger partial charge in [0.2, 0.25) is 0 Å². The van der Waals surface area contributed by atoms with Crippen molar-refractivity contribution in [3.05, 3.63) is 23.9 Å². The van der Waals surface area contributed by atoms with Gasteiger partial charge < -0.3 is 10.6 Å². The molecule has 0 radical (unpaired) electrons. The Balaban J connectivity index is 1.96. The Labute approximate surface area is 97.4 Å². The average molecular weight is 245 g/mol. The quantitative estimate of drug-likeness (QED) is 0.857. The van der Waals surface area contributed by atoms with Crippen LogP contribution in [0.4, 0.5) is 19.0 Å². The predicted molar refractivity (Wildman–Crippen MR) is 58.8 cm³/mol. The van der Waals surface area contributed by atoms with E-state index in [4.69, 9.17) is 0 Å². The average Bonchev–Trinajstić information content (AvgIpc) is 2.78. The van der Waals surface area contributed by atoms with Crippen molar-refractivity contribution in [3.63, 3.8) is 0 Å². The van der Waals surface area contributed by atoms with E-state index in [0.717, 1.165) is 31.5 Å². The van der Waals surface area contributed by atoms with Crippen LogP contribution in [-0.2, 0) is 6.18 Å². The van der Waals surface area contributed by atoms with E-state index < -0.39 is 11.7 Å². The summed E-state index contributed by atoms with van der Waals surface area (Å²) >= 11 is 0. The number of hydrogen-bond donors (Lipinski definition) is 2. The second kappa shape index (κ2) is 4.91. The van der Waals surface area contributed by atoms with Crippen molar-refractivity contribution in [2.45, 2.75) is 25.1 Å². The van der Waals surface area contributed by atoms with Gasteiger partial charge in [-0.1, -0.05) is 0 Å². The van der Waals surface area contributed by atoms with Crippen LogP contribution in [-0.4, -0.2) is 24.1 Å². The molecule has 0 aromatic carbocycles. The van der Waals surface area contributed by atoms with Crippen LogP contribution in [0.15, 0.2) is 18.3 Å². The number of aromatic nitrogens is 1. The Morgan fingerprint density at radius 1 is 1.47 bits per heavy atom. The first-order chi connectivity index (χ1) is 8.05. The summed E-state index contributed by atoms with van der Waals surface area (Å²) in [7, 11) is 0. The van der Waals surface area contributed by atoms with Gasteiger partial charge in [-0.2, -0.15) is 13.2 Å². The molecule has 1 saturated heterocycles. The minimum Gasteiger partial charge on any atom is -0.368 e. The summed E-state index contributed by atoms with van der Waals surface area (Å²) in [4.78, 5) is 3.87. The highest BCUT2D eigenvalue weighted by Crippen LogP contribution is 2.29. The molecule has 2 N–H and O–H groups in total. The van der Waals surface area contributed by atoms with Crippen molar-refractivity contribution in [3.8, 4) is 0 Å². The molecule has 1 fully saturated rings. The fourth-order valence-corrected chi connectivity index (χ4v) is 1.86. The largest absolute Gasteiger partial charge is 0.416 e. The van der Waals surface area contributed by atoms with Crippen LogP contribution in [0.25, 0.3) is 0 Å². The minimum absolute atomic E-state index is 0.272. The van der Waals surface area contributed by atoms with Gasteiger partial charge in [-0.15, -0.1) is 0 Å². The lowest BCUT2D eigenvalue weighted by atomic mass is 10.2. The molecule has 0 spiro atoms. The molecule has 3 nitrogen and oxygen atoms in total. The molecule has 17 heavy (non-hydrogen) atoms. The zero-order chi connectivity index (χ0) is 12.3. The molecule has 6 heteroatoms. The molecule has 0 bridgehead atoms. The highest BCUT2D eigenvalue weighted by atomic mass is 19.4. The summed E-state index contributed by atoms with van der Waals surface area (Å²) in [6.07, 6.45) is -0.980. The SMILES string of the molecule is FC(F)(F)c1ccnc(NCC2CCCN2)c1. The molecule has 1 aliphatic heterocycles. The van der Waals surface area contributed by atoms with Gasteiger partial charge in [0, 0.05) is 18.8 Å². The fourth-order valence-electron chi connectivity index (χ4n) is 1.86. The second-order valence-corrected chi connectivity index (χ2v) is 4.10. The van der Waals surface area contributed by atoms with E-state index in [1.807, 2.05) is 0 Å². The monoisotopic (exact) mass is 245 g/mol. The topological polar surface area (TPSA) is 37.0 Å². The van der Waals surface area contributed by atoms with E-state index >= 15 is 0 Å². The van der Waals surface area contributed by atoms with Gasteiger partial charge in [0.25, 0.3) is 0 Å². The molecule has 0 amide bonds. The van der Waals surface area contributed by atoms with Crippen molar-refractivity contribution in [1.29, 1.82) is 0 Å². The molecule has 1 aromatic heterocycles. The van der Waals surface area contributed by atoms with Gasteiger partial charge in [0.1, 0.15) is 5.82 Å². The highest BCUT2D eigenvalue weighted by molar-refractivity contribution is 5.38. The number of rotatable bonds is 3. The van der Waals surface area contributed by atoms with Crippen LogP contribution >= 0.6 is 0 Å². The third kappa shape index (κ3) is 3.33. The van der Waals surface area contributed by atoms with Crippen LogP contribution in [0.1, 0.15) is 18.4 Å². The Morgan fingerprint density at radius 3 is 2.94 bits per heavy atom. The number of alkyl halides is 3. The predicted octanol–water partition coefficient (Wildman–Crippen LogP) is 2.26. The van der Waals surface area contributed by atoms with Crippen LogP contribution in [0.3, 0.4) is 0 Å². The Morgan fingerprint density at radius 2 is 2.29 bits per heavy atom. The van der Waals surface area contributed by atoms with E-state index in [2.05, 4.69) is 15.6 Å². The summed E-state index contributed by atoms with van der Waals surface area (Å²) in [5.41, 5.74) is -0.672. The molecule has 2 rings (SSSR count). The number of halogens is 3. The number of nitrogens with zero attached hydrogens (tertiary/aromatic N) is 1. The zero-order valence-electron chi connectivity index (χ0n) is 9.22. The molecule has 1 unspecified atom stereocenters. The van der Waals surface area contributed by atoms with E-state index in [0.29, 0.717) is 12.6 Å². The van der Waals surface area contributed by atoms with E-state index in [-0.39, 0.29) is 5.82 Å². The molecule has 0 saturated carbocycles. The number of anilines is 1. The summed E-state index contributed by atoms with van der Waals surface area (Å²) in [5.74, 6) is 0.272. The number of pyridine rings is 1. The second-order valence-electron chi connectivity index (χ2n) is 4.10. The van der Waals surface area contributed by atoms with Gasteiger partial charge in [0.15, 0.2) is 0 Å². The van der Waals surface area contributed by atoms with E-state index in [9.17, 15) is 13.2 Å². The first-order valence-corrected chi connectivity index (χ1v) is 5.56. The van der Waals surface area contributed by atoms with Gasteiger partial charge in [-0.05, 0) is 31.5 Å². The number of hydrogen-bond acceptors (Lipinski definition) is 3. The van der Waals surface area contributed by atoms with Crippen molar-refractivity contribution >= 4 is 5.82 Å². The van der Waals surface area contributed by atoms with Crippen molar-refractivity contribution < 1.29 is 13.2 Å². The van der Waals surface area contributed by atoms with Crippen molar-refractivity contribution in [2.75, 3.05) is 18.4 Å². The maximum Gasteiger partial charge on any atom is 0.416 e. The zero-order valence-corrected chi connectivity index (χ0v) is 9.22. The standard InChI is InChI=1S/C11H14F3N3/c12-11(13,14)8-3-5-16-10(6-8)17-7-9-2-1-4-15-9/h3,5-6,9,15H,1-2,4,7H2,(H,16,17). The molecule has 1 atom stereocenters. The van der Waals surface area contributed by atoms with Crippen molar-refractivity contribution in [1.82, 2.24) is 10.3 Å². The van der Waals surface area contributed by atoms with Crippen LogP contribution in [0.5, 0.6) is 0 Å². The third-order valence-corrected chi connectivity index (χ3v) is 2.78. The van der Waals surface area contributed by atoms with Gasteiger partial charge in [-0.25, -0.2) is 4.98 Å². The maximum absolute atomic E-state index is 12.4. The lowest BCUT2D eigenvalue weighted by Crippen LogP contribution is -2.29. The van der Waals surface area contributed by atoms with Crippen molar-refractivity contribution in [2.24, 2.45) is 0 Å². The molecular weight excluding hydrogens is 231 g/mol. The minimum atomic E-state index is -4.31. The maximum atomic E-state index is 12.4. The lowest BCUT2D eigenvalue weighted by Gasteiger charge is -2.13. The first-order valence-electron chi connectivity index (χ1n) is 5.56. The highest BCUT2D eigenvalue weighted by Gasteiger charge is 2.30. The lowest BCUT2D eigenvalue weighted by molar-refractivity contribution is -0.137. The van der Waals surface area contributed by atoms with E-state index in [1.165, 1.54) is 6.20 Å². The fraction of sp³-hybridized carbons (Fsp3) is 0.545. The van der Waals surface area contributed by atoms with Gasteiger partial charge in [0.05, 0.1) is 5.56 Å². The van der Waals surface area contributed by atoms with Crippen LogP contribution in [0, 0.1) is 0 Å². The summed E-state index contributed by atoms with van der Waals surface area (Å²) < 4.78 is 37.3. The number of nitrogens with one attached hydrogen (secondary N) is 2. The molecule has 0 aliphatic carbocycles. The van der Waals surface area contributed by atoms with E-state index in [1.54, 1.807) is 0 Å². The molecule has 2 heterocycles. The molecule has 1 aliphatic rings. The summed E-state index contributed by atoms with van der Waals surface area (Å²) in [6.45, 7) is 1.58. The Kier molecular flexibility index (Phi) is 3.51. The summed E-state index contributed by atoms with van der Waals surface area (Å²) in [6, 6.07) is 2.33. The molecule has 94 valence electrons. The van der Waals surface area contributed by atoms with Gasteiger partial charge >= 0.3 is 6.18 Å². The first kappa shape index (κ1) is 12.2. The normalized spacial score (nSPS) is 20.5. The molecule has 1 aromatic rings. The van der Waals surface area contributed by atoms with Gasteiger partial charge in [-0.3, -0.25) is 0 Å². The Bertz CT molecular complexity index is 372. The smallest absolute Gasteiger partial charge is 0.368 e.